The van der Waals surface area contributed by atoms with Gasteiger partial charge in [0.15, 0.2) is 0 Å². The van der Waals surface area contributed by atoms with Crippen molar-refractivity contribution in [1.82, 2.24) is 4.90 Å². The van der Waals surface area contributed by atoms with Crippen molar-refractivity contribution in [2.45, 2.75) is 39.3 Å². The first-order valence-electron chi connectivity index (χ1n) is 7.17. The summed E-state index contributed by atoms with van der Waals surface area (Å²) in [5.41, 5.74) is 6.21. The third-order valence-electron chi connectivity index (χ3n) is 2.95. The largest absolute Gasteiger partial charge is 0.494 e. The van der Waals surface area contributed by atoms with Crippen LogP contribution in [0.2, 0.25) is 0 Å². The minimum Gasteiger partial charge on any atom is -0.494 e. The lowest BCUT2D eigenvalue weighted by atomic mass is 10.0. The summed E-state index contributed by atoms with van der Waals surface area (Å²) in [6, 6.07) is 7.31. The molecule has 0 aromatic heterocycles. The summed E-state index contributed by atoms with van der Waals surface area (Å²) in [5.74, 6) is 0.742. The fourth-order valence-corrected chi connectivity index (χ4v) is 2.00. The summed E-state index contributed by atoms with van der Waals surface area (Å²) in [6.45, 7) is 8.29. The molecule has 1 aromatic carbocycles. The molecule has 0 fully saturated rings. The minimum absolute atomic E-state index is 0.289. The van der Waals surface area contributed by atoms with Gasteiger partial charge in [0.2, 0.25) is 0 Å². The second kappa shape index (κ2) is 7.31. The maximum Gasteiger partial charge on any atom is 0.410 e. The number of amides is 1. The number of nitrogens with two attached hydrogens (primary N) is 1. The zero-order valence-electron chi connectivity index (χ0n) is 13.6. The van der Waals surface area contributed by atoms with Crippen molar-refractivity contribution in [2.24, 2.45) is 5.73 Å². The molecular weight excluding hydrogens is 268 g/mol. The first-order chi connectivity index (χ1) is 9.80. The summed E-state index contributed by atoms with van der Waals surface area (Å²) < 4.78 is 11.0. The standard InChI is InChI=1S/C16H26N2O3/c1-6-20-14-10-8-7-9-12(14)13(11-17)18(5)15(19)21-16(2,3)4/h7-10,13H,6,11,17H2,1-5H3. The van der Waals surface area contributed by atoms with Crippen molar-refractivity contribution >= 4 is 6.09 Å². The molecular formula is C16H26N2O3. The second-order valence-electron chi connectivity index (χ2n) is 5.81. The number of benzene rings is 1. The zero-order valence-corrected chi connectivity index (χ0v) is 13.6. The van der Waals surface area contributed by atoms with Gasteiger partial charge in [-0.15, -0.1) is 0 Å². The maximum atomic E-state index is 12.2. The summed E-state index contributed by atoms with van der Waals surface area (Å²) in [6.07, 6.45) is -0.399. The lowest BCUT2D eigenvalue weighted by molar-refractivity contribution is 0.0224. The maximum absolute atomic E-state index is 12.2. The van der Waals surface area contributed by atoms with E-state index in [0.717, 1.165) is 11.3 Å². The number of ether oxygens (including phenoxy) is 2. The lowest BCUT2D eigenvalue weighted by Crippen LogP contribution is -2.39. The molecule has 0 heterocycles. The molecule has 0 bridgehead atoms. The van der Waals surface area contributed by atoms with Crippen molar-refractivity contribution in [3.05, 3.63) is 29.8 Å². The van der Waals surface area contributed by atoms with Gasteiger partial charge in [-0.25, -0.2) is 4.79 Å². The molecule has 1 rings (SSSR count). The average molecular weight is 294 g/mol. The van der Waals surface area contributed by atoms with E-state index in [-0.39, 0.29) is 6.04 Å². The first-order valence-corrected chi connectivity index (χ1v) is 7.17. The Bertz CT molecular complexity index is 469. The second-order valence-corrected chi connectivity index (χ2v) is 5.81. The zero-order chi connectivity index (χ0) is 16.0. The van der Waals surface area contributed by atoms with Crippen LogP contribution in [0.5, 0.6) is 5.75 Å². The van der Waals surface area contributed by atoms with E-state index >= 15 is 0 Å². The van der Waals surface area contributed by atoms with Crippen LogP contribution in [-0.2, 0) is 4.74 Å². The molecule has 0 radical (unpaired) electrons. The van der Waals surface area contributed by atoms with E-state index in [1.54, 1.807) is 7.05 Å². The van der Waals surface area contributed by atoms with E-state index in [0.29, 0.717) is 13.2 Å². The summed E-state index contributed by atoms with van der Waals surface area (Å²) in [4.78, 5) is 13.7. The summed E-state index contributed by atoms with van der Waals surface area (Å²) >= 11 is 0. The predicted octanol–water partition coefficient (Wildman–Crippen LogP) is 2.95. The van der Waals surface area contributed by atoms with E-state index < -0.39 is 11.7 Å². The smallest absolute Gasteiger partial charge is 0.410 e. The van der Waals surface area contributed by atoms with E-state index in [4.69, 9.17) is 15.2 Å². The number of carbonyl (C=O) groups is 1. The van der Waals surface area contributed by atoms with Gasteiger partial charge in [-0.1, -0.05) is 18.2 Å². The monoisotopic (exact) mass is 294 g/mol. The van der Waals surface area contributed by atoms with E-state index in [2.05, 4.69) is 0 Å². The Kier molecular flexibility index (Phi) is 6.03. The molecule has 0 aliphatic heterocycles. The summed E-state index contributed by atoms with van der Waals surface area (Å²) in [5, 5.41) is 0. The van der Waals surface area contributed by atoms with Gasteiger partial charge in [0.05, 0.1) is 12.6 Å². The fourth-order valence-electron chi connectivity index (χ4n) is 2.00. The molecule has 1 unspecified atom stereocenters. The van der Waals surface area contributed by atoms with Crippen molar-refractivity contribution in [2.75, 3.05) is 20.2 Å². The first kappa shape index (κ1) is 17.3. The Labute approximate surface area is 127 Å². The highest BCUT2D eigenvalue weighted by Crippen LogP contribution is 2.29. The van der Waals surface area contributed by atoms with Crippen LogP contribution in [0.25, 0.3) is 0 Å². The Hall–Kier alpha value is -1.75. The normalized spacial score (nSPS) is 12.7. The highest BCUT2D eigenvalue weighted by atomic mass is 16.6. The number of nitrogens with zero attached hydrogens (tertiary/aromatic N) is 1. The third kappa shape index (κ3) is 4.93. The number of likely N-dealkylation sites (N-methyl/N-ethyl adjacent to an activating group) is 1. The van der Waals surface area contributed by atoms with E-state index in [1.807, 2.05) is 52.0 Å². The molecule has 2 N–H and O–H groups in total. The third-order valence-corrected chi connectivity index (χ3v) is 2.95. The molecule has 21 heavy (non-hydrogen) atoms. The Morgan fingerprint density at radius 1 is 1.33 bits per heavy atom. The van der Waals surface area contributed by atoms with Crippen LogP contribution in [0.4, 0.5) is 4.79 Å². The van der Waals surface area contributed by atoms with Gasteiger partial charge in [-0.2, -0.15) is 0 Å². The van der Waals surface area contributed by atoms with Crippen LogP contribution in [0.3, 0.4) is 0 Å². The Balaban J connectivity index is 2.99. The van der Waals surface area contributed by atoms with Gasteiger partial charge in [-0.05, 0) is 33.8 Å². The van der Waals surface area contributed by atoms with Crippen LogP contribution < -0.4 is 10.5 Å². The van der Waals surface area contributed by atoms with E-state index in [1.165, 1.54) is 4.90 Å². The number of hydrogen-bond acceptors (Lipinski definition) is 4. The molecule has 0 saturated heterocycles. The summed E-state index contributed by atoms with van der Waals surface area (Å²) in [7, 11) is 1.69. The van der Waals surface area contributed by atoms with Crippen LogP contribution in [-0.4, -0.2) is 36.8 Å². The highest BCUT2D eigenvalue weighted by molar-refractivity contribution is 5.68. The molecule has 5 heteroatoms. The van der Waals surface area contributed by atoms with Gasteiger partial charge in [0.25, 0.3) is 0 Å². The van der Waals surface area contributed by atoms with Gasteiger partial charge < -0.3 is 20.1 Å². The van der Waals surface area contributed by atoms with Gasteiger partial charge in [-0.3, -0.25) is 0 Å². The molecule has 0 saturated carbocycles. The van der Waals surface area contributed by atoms with Crippen LogP contribution in [0, 0.1) is 0 Å². The van der Waals surface area contributed by atoms with Crippen molar-refractivity contribution in [3.63, 3.8) is 0 Å². The topological polar surface area (TPSA) is 64.8 Å². The number of carbonyl (C=O) groups excluding carboxylic acids is 1. The van der Waals surface area contributed by atoms with Gasteiger partial charge >= 0.3 is 6.09 Å². The van der Waals surface area contributed by atoms with Crippen molar-refractivity contribution in [3.8, 4) is 5.75 Å². The SMILES string of the molecule is CCOc1ccccc1C(CN)N(C)C(=O)OC(C)(C)C. The molecule has 0 aliphatic carbocycles. The predicted molar refractivity (Wildman–Crippen MR) is 83.4 cm³/mol. The molecule has 0 spiro atoms. The highest BCUT2D eigenvalue weighted by Gasteiger charge is 2.27. The van der Waals surface area contributed by atoms with Crippen LogP contribution in [0.1, 0.15) is 39.3 Å². The van der Waals surface area contributed by atoms with Crippen LogP contribution in [0.15, 0.2) is 24.3 Å². The molecule has 1 atom stereocenters. The molecule has 1 aromatic rings. The van der Waals surface area contributed by atoms with Crippen LogP contribution >= 0.6 is 0 Å². The quantitative estimate of drug-likeness (QED) is 0.906. The Morgan fingerprint density at radius 2 is 1.95 bits per heavy atom. The Morgan fingerprint density at radius 3 is 2.48 bits per heavy atom. The molecule has 118 valence electrons. The van der Waals surface area contributed by atoms with Crippen molar-refractivity contribution < 1.29 is 14.3 Å². The number of hydrogen-bond donors (Lipinski definition) is 1. The molecule has 5 nitrogen and oxygen atoms in total. The number of para-hydroxylation sites is 1. The molecule has 1 amide bonds. The van der Waals surface area contributed by atoms with Gasteiger partial charge in [0.1, 0.15) is 11.4 Å². The number of rotatable bonds is 5. The average Bonchev–Trinajstić information content (AvgIpc) is 2.39. The lowest BCUT2D eigenvalue weighted by Gasteiger charge is -2.31. The van der Waals surface area contributed by atoms with Crippen molar-refractivity contribution in [1.29, 1.82) is 0 Å². The van der Waals surface area contributed by atoms with E-state index in [9.17, 15) is 4.79 Å². The van der Waals surface area contributed by atoms with Gasteiger partial charge in [0, 0.05) is 19.2 Å². The fraction of sp³-hybridized carbons (Fsp3) is 0.562. The minimum atomic E-state index is -0.538. The molecule has 0 aliphatic rings.